The van der Waals surface area contributed by atoms with Crippen molar-refractivity contribution in [1.82, 2.24) is 3.96 Å². The summed E-state index contributed by atoms with van der Waals surface area (Å²) in [6, 6.07) is 0. The van der Waals surface area contributed by atoms with E-state index < -0.39 is 37.3 Å². The first-order valence-corrected chi connectivity index (χ1v) is 7.38. The molecule has 7 nitrogen and oxygen atoms in total. The van der Waals surface area contributed by atoms with Crippen molar-refractivity contribution in [3.8, 4) is 0 Å². The van der Waals surface area contributed by atoms with Crippen LogP contribution in [0.4, 0.5) is 0 Å². The largest absolute Gasteiger partial charge is 0.394 e. The van der Waals surface area contributed by atoms with Crippen molar-refractivity contribution < 1.29 is 25.2 Å². The third-order valence-corrected chi connectivity index (χ3v) is 4.76. The Morgan fingerprint density at radius 3 is 2.33 bits per heavy atom. The summed E-state index contributed by atoms with van der Waals surface area (Å²) >= 11 is 1.09. The van der Waals surface area contributed by atoms with Gasteiger partial charge in [0.2, 0.25) is 0 Å². The molecule has 8 heteroatoms. The third-order valence-electron chi connectivity index (χ3n) is 3.54. The van der Waals surface area contributed by atoms with Crippen LogP contribution < -0.4 is 15.3 Å². The fourth-order valence-corrected chi connectivity index (χ4v) is 3.42. The van der Waals surface area contributed by atoms with Crippen LogP contribution in [0.2, 0.25) is 0 Å². The molecule has 1 aromatic rings. The van der Waals surface area contributed by atoms with E-state index in [0.29, 0.717) is 5.22 Å². The van der Waals surface area contributed by atoms with Gasteiger partial charge in [0.25, 0.3) is 5.56 Å². The average Bonchev–Trinajstić information content (AvgIpc) is 2.81. The van der Waals surface area contributed by atoms with E-state index in [4.69, 9.17) is 4.74 Å². The summed E-state index contributed by atoms with van der Waals surface area (Å²) in [5.74, 6) is 0. The third kappa shape index (κ3) is 2.70. The molecule has 0 amide bonds. The van der Waals surface area contributed by atoms with Crippen LogP contribution in [0.15, 0.2) is 4.79 Å². The van der Waals surface area contributed by atoms with Gasteiger partial charge < -0.3 is 25.2 Å². The van der Waals surface area contributed by atoms with Gasteiger partial charge in [0.1, 0.15) is 24.4 Å². The minimum absolute atomic E-state index is 0.347. The fraction of sp³-hybridized carbons (Fsp3) is 0.615. The summed E-state index contributed by atoms with van der Waals surface area (Å²) in [5.41, 5.74) is -0.347. The summed E-state index contributed by atoms with van der Waals surface area (Å²) < 4.78 is 7.33. The summed E-state index contributed by atoms with van der Waals surface area (Å²) in [6.45, 7) is 2.99. The molecule has 0 aromatic carbocycles. The Hall–Kier alpha value is -1.03. The zero-order valence-corrected chi connectivity index (χ0v) is 12.5. The number of aromatic nitrogens is 1. The Labute approximate surface area is 124 Å². The van der Waals surface area contributed by atoms with Gasteiger partial charge in [-0.3, -0.25) is 4.79 Å². The van der Waals surface area contributed by atoms with Gasteiger partial charge in [0.05, 0.1) is 16.4 Å². The molecule has 3 unspecified atom stereocenters. The molecule has 1 aromatic heterocycles. The second kappa shape index (κ2) is 6.39. The number of nitrogens with zero attached hydrogens (tertiary/aromatic N) is 1. The zero-order chi connectivity index (χ0) is 15.7. The van der Waals surface area contributed by atoms with E-state index >= 15 is 0 Å². The van der Waals surface area contributed by atoms with Crippen molar-refractivity contribution in [3.63, 3.8) is 0 Å². The van der Waals surface area contributed by atoms with Crippen LogP contribution in [-0.2, 0) is 4.74 Å². The zero-order valence-electron chi connectivity index (χ0n) is 11.7. The van der Waals surface area contributed by atoms with Gasteiger partial charge in [-0.2, -0.15) is 0 Å². The van der Waals surface area contributed by atoms with Crippen molar-refractivity contribution in [1.29, 1.82) is 0 Å². The second-order valence-corrected chi connectivity index (χ2v) is 5.81. The number of aliphatic hydroxyl groups excluding tert-OH is 4. The highest BCUT2D eigenvalue weighted by Crippen LogP contribution is 2.27. The van der Waals surface area contributed by atoms with Crippen molar-refractivity contribution in [3.05, 3.63) is 20.1 Å². The number of rotatable bonds is 2. The van der Waals surface area contributed by atoms with Crippen LogP contribution in [0.5, 0.6) is 0 Å². The summed E-state index contributed by atoms with van der Waals surface area (Å²) in [4.78, 5) is 12.3. The lowest BCUT2D eigenvalue weighted by atomic mass is 9.98. The van der Waals surface area contributed by atoms with Crippen molar-refractivity contribution in [2.24, 2.45) is 0 Å². The molecule has 1 aliphatic rings. The molecule has 5 atom stereocenters. The minimum Gasteiger partial charge on any atom is -0.394 e. The maximum Gasteiger partial charge on any atom is 0.270 e. The molecule has 21 heavy (non-hydrogen) atoms. The predicted octanol–water partition coefficient (Wildman–Crippen LogP) is -2.52. The first kappa shape index (κ1) is 16.3. The minimum atomic E-state index is -1.50. The van der Waals surface area contributed by atoms with Crippen molar-refractivity contribution in [2.45, 2.75) is 44.5 Å². The lowest BCUT2D eigenvalue weighted by Gasteiger charge is -2.39. The highest BCUT2D eigenvalue weighted by atomic mass is 32.1. The van der Waals surface area contributed by atoms with Gasteiger partial charge >= 0.3 is 0 Å². The highest BCUT2D eigenvalue weighted by Gasteiger charge is 2.44. The molecule has 0 aliphatic carbocycles. The molecule has 2 rings (SSSR count). The molecule has 2 heterocycles. The molecule has 0 saturated carbocycles. The normalized spacial score (nSPS) is 35.4. The van der Waals surface area contributed by atoms with Gasteiger partial charge in [-0.25, -0.2) is 3.96 Å². The molecule has 4 N–H and O–H groups in total. The molecule has 118 valence electrons. The van der Waals surface area contributed by atoms with Gasteiger partial charge in [-0.05, 0) is 13.8 Å². The quantitative estimate of drug-likeness (QED) is 0.479. The van der Waals surface area contributed by atoms with E-state index in [1.807, 2.05) is 0 Å². The summed E-state index contributed by atoms with van der Waals surface area (Å²) in [5, 5.41) is 39.3. The molecule has 0 radical (unpaired) electrons. The maximum atomic E-state index is 12.3. The van der Waals surface area contributed by atoms with Crippen LogP contribution in [0.3, 0.4) is 0 Å². The molecule has 1 saturated heterocycles. The van der Waals surface area contributed by atoms with Crippen LogP contribution in [0, 0.1) is 0 Å². The predicted molar refractivity (Wildman–Crippen MR) is 77.1 cm³/mol. The summed E-state index contributed by atoms with van der Waals surface area (Å²) in [7, 11) is 0. The van der Waals surface area contributed by atoms with Crippen LogP contribution in [-0.4, -0.2) is 55.4 Å². The SMILES string of the molecule is C/C=c1/c(=O)n([C@@H]2OC(CO)[C@H](O)C(O)C2O)s/c1=C/C. The standard InChI is InChI=1S/C13H19NO6S/c1-3-6-8(4-2)21-14(12(6)19)13-11(18)10(17)9(16)7(5-15)20-13/h3-4,7,9-11,13,15-18H,5H2,1-2H3/b6-3+,8-4+/t7?,9-,10?,11?,13+/m0/s1. The second-order valence-electron chi connectivity index (χ2n) is 4.80. The Morgan fingerprint density at radius 1 is 1.19 bits per heavy atom. The monoisotopic (exact) mass is 317 g/mol. The van der Waals surface area contributed by atoms with E-state index in [1.165, 1.54) is 3.96 Å². The smallest absolute Gasteiger partial charge is 0.270 e. The molecule has 1 fully saturated rings. The molecular formula is C13H19NO6S. The molecule has 0 spiro atoms. The molecular weight excluding hydrogens is 298 g/mol. The Balaban J connectivity index is 2.51. The maximum absolute atomic E-state index is 12.3. The van der Waals surface area contributed by atoms with Crippen molar-refractivity contribution in [2.75, 3.05) is 6.61 Å². The van der Waals surface area contributed by atoms with Gasteiger partial charge in [0, 0.05) is 0 Å². The number of hydrogen-bond acceptors (Lipinski definition) is 7. The van der Waals surface area contributed by atoms with Gasteiger partial charge in [0.15, 0.2) is 6.23 Å². The summed E-state index contributed by atoms with van der Waals surface area (Å²) in [6.07, 6.45) is -3.16. The number of hydrogen-bond donors (Lipinski definition) is 4. The fourth-order valence-electron chi connectivity index (χ4n) is 2.34. The Kier molecular flexibility index (Phi) is 4.97. The van der Waals surface area contributed by atoms with Gasteiger partial charge in [-0.15, -0.1) is 0 Å². The average molecular weight is 317 g/mol. The van der Waals surface area contributed by atoms with Crippen LogP contribution in [0.25, 0.3) is 12.2 Å². The Morgan fingerprint density at radius 2 is 1.86 bits per heavy atom. The van der Waals surface area contributed by atoms with Crippen LogP contribution in [0.1, 0.15) is 20.1 Å². The first-order chi connectivity index (χ1) is 9.96. The van der Waals surface area contributed by atoms with Crippen LogP contribution >= 0.6 is 11.5 Å². The molecule has 0 bridgehead atoms. The lowest BCUT2D eigenvalue weighted by Crippen LogP contribution is -2.57. The Bertz CT molecular complexity index is 663. The van der Waals surface area contributed by atoms with E-state index in [-0.39, 0.29) is 5.56 Å². The van der Waals surface area contributed by atoms with E-state index in [0.717, 1.165) is 16.1 Å². The van der Waals surface area contributed by atoms with E-state index in [9.17, 15) is 25.2 Å². The van der Waals surface area contributed by atoms with Crippen molar-refractivity contribution >= 4 is 23.7 Å². The number of ether oxygens (including phenoxy) is 1. The lowest BCUT2D eigenvalue weighted by molar-refractivity contribution is -0.249. The van der Waals surface area contributed by atoms with E-state index in [1.54, 1.807) is 26.0 Å². The molecule has 1 aliphatic heterocycles. The number of aliphatic hydroxyl groups is 4. The topological polar surface area (TPSA) is 112 Å². The first-order valence-electron chi connectivity index (χ1n) is 6.61. The van der Waals surface area contributed by atoms with Gasteiger partial charge in [-0.1, -0.05) is 23.7 Å². The van der Waals surface area contributed by atoms with E-state index in [2.05, 4.69) is 0 Å². The highest BCUT2D eigenvalue weighted by molar-refractivity contribution is 7.04.